The number of halogens is 1. The Bertz CT molecular complexity index is 746. The number of esters is 1. The lowest BCUT2D eigenvalue weighted by molar-refractivity contribution is 0.0601. The second-order valence-corrected chi connectivity index (χ2v) is 8.48. The van der Waals surface area contributed by atoms with Gasteiger partial charge in [-0.3, -0.25) is 4.72 Å². The zero-order valence-corrected chi connectivity index (χ0v) is 14.4. The van der Waals surface area contributed by atoms with E-state index < -0.39 is 16.0 Å². The van der Waals surface area contributed by atoms with Crippen molar-refractivity contribution in [1.29, 1.82) is 0 Å². The van der Waals surface area contributed by atoms with E-state index in [1.807, 2.05) is 6.92 Å². The molecule has 0 fully saturated rings. The molecule has 2 aromatic rings. The molecular weight excluding hydrogens is 378 g/mol. The first-order valence-corrected chi connectivity index (χ1v) is 8.90. The predicted molar refractivity (Wildman–Crippen MR) is 85.3 cm³/mol. The number of nitrogens with one attached hydrogen (secondary N) is 1. The molecule has 2 rings (SSSR count). The highest BCUT2D eigenvalue weighted by Gasteiger charge is 2.18. The van der Waals surface area contributed by atoms with Gasteiger partial charge >= 0.3 is 5.97 Å². The van der Waals surface area contributed by atoms with Gasteiger partial charge in [0.1, 0.15) is 4.21 Å². The number of ether oxygens (including phenoxy) is 1. The van der Waals surface area contributed by atoms with Crippen LogP contribution in [-0.4, -0.2) is 21.5 Å². The van der Waals surface area contributed by atoms with E-state index in [0.29, 0.717) is 11.3 Å². The third-order valence-electron chi connectivity index (χ3n) is 2.66. The van der Waals surface area contributed by atoms with Gasteiger partial charge in [-0.05, 0) is 58.7 Å². The number of methoxy groups -OCH3 is 1. The van der Waals surface area contributed by atoms with Gasteiger partial charge in [0.05, 0.1) is 16.5 Å². The number of anilines is 1. The molecule has 112 valence electrons. The van der Waals surface area contributed by atoms with Crippen LogP contribution in [0.3, 0.4) is 0 Å². The highest BCUT2D eigenvalue weighted by atomic mass is 79.9. The number of hydrogen-bond acceptors (Lipinski definition) is 5. The molecule has 0 aliphatic rings. The zero-order valence-electron chi connectivity index (χ0n) is 11.2. The maximum Gasteiger partial charge on any atom is 0.337 e. The number of sulfonamides is 1. The van der Waals surface area contributed by atoms with Crippen LogP contribution >= 0.6 is 27.3 Å². The highest BCUT2D eigenvalue weighted by molar-refractivity contribution is 9.11. The Hall–Kier alpha value is -1.38. The van der Waals surface area contributed by atoms with E-state index in [-0.39, 0.29) is 4.21 Å². The minimum atomic E-state index is -3.63. The molecule has 1 aromatic heterocycles. The predicted octanol–water partition coefficient (Wildman–Crippen LogP) is 3.41. The van der Waals surface area contributed by atoms with Crippen LogP contribution < -0.4 is 4.72 Å². The van der Waals surface area contributed by atoms with E-state index in [1.165, 1.54) is 31.4 Å². The first-order chi connectivity index (χ1) is 9.83. The molecule has 0 unspecified atom stereocenters. The Morgan fingerprint density at radius 1 is 1.29 bits per heavy atom. The van der Waals surface area contributed by atoms with Crippen molar-refractivity contribution in [1.82, 2.24) is 0 Å². The van der Waals surface area contributed by atoms with E-state index in [0.717, 1.165) is 20.7 Å². The quantitative estimate of drug-likeness (QED) is 0.813. The third kappa shape index (κ3) is 3.63. The SMILES string of the molecule is COC(=O)c1ccc(NS(=O)(=O)c2cc(C)c(Br)s2)cc1. The number of benzene rings is 1. The van der Waals surface area contributed by atoms with Crippen LogP contribution in [0.2, 0.25) is 0 Å². The smallest absolute Gasteiger partial charge is 0.337 e. The number of aryl methyl sites for hydroxylation is 1. The summed E-state index contributed by atoms with van der Waals surface area (Å²) in [7, 11) is -2.34. The lowest BCUT2D eigenvalue weighted by Crippen LogP contribution is -2.11. The summed E-state index contributed by atoms with van der Waals surface area (Å²) >= 11 is 4.45. The molecule has 0 bridgehead atoms. The lowest BCUT2D eigenvalue weighted by atomic mass is 10.2. The molecule has 0 radical (unpaired) electrons. The zero-order chi connectivity index (χ0) is 15.6. The largest absolute Gasteiger partial charge is 0.465 e. The Kier molecular flexibility index (Phi) is 4.70. The second-order valence-electron chi connectivity index (χ2n) is 4.20. The topological polar surface area (TPSA) is 72.5 Å². The molecule has 0 amide bonds. The summed E-state index contributed by atoms with van der Waals surface area (Å²) in [4.78, 5) is 11.3. The second kappa shape index (κ2) is 6.17. The van der Waals surface area contributed by atoms with Crippen molar-refractivity contribution in [2.45, 2.75) is 11.1 Å². The molecule has 1 heterocycles. The van der Waals surface area contributed by atoms with Crippen molar-refractivity contribution in [2.75, 3.05) is 11.8 Å². The van der Waals surface area contributed by atoms with E-state index in [2.05, 4.69) is 25.4 Å². The number of rotatable bonds is 4. The van der Waals surface area contributed by atoms with E-state index in [1.54, 1.807) is 6.07 Å². The van der Waals surface area contributed by atoms with Crippen molar-refractivity contribution in [3.05, 3.63) is 45.2 Å². The van der Waals surface area contributed by atoms with Crippen LogP contribution in [0.4, 0.5) is 5.69 Å². The summed E-state index contributed by atoms with van der Waals surface area (Å²) < 4.78 is 32.5. The van der Waals surface area contributed by atoms with Gasteiger partial charge in [-0.25, -0.2) is 13.2 Å². The van der Waals surface area contributed by atoms with Gasteiger partial charge in [0, 0.05) is 5.69 Å². The van der Waals surface area contributed by atoms with Gasteiger partial charge in [-0.1, -0.05) is 0 Å². The molecule has 0 spiro atoms. The number of thiophene rings is 1. The van der Waals surface area contributed by atoms with Gasteiger partial charge in [-0.2, -0.15) is 0 Å². The maximum absolute atomic E-state index is 12.2. The standard InChI is InChI=1S/C13H12BrNO4S2/c1-8-7-11(20-12(8)14)21(17,18)15-10-5-3-9(4-6-10)13(16)19-2/h3-7,15H,1-2H3. The normalized spacial score (nSPS) is 11.2. The molecule has 8 heteroatoms. The molecule has 0 saturated carbocycles. The summed E-state index contributed by atoms with van der Waals surface area (Å²) in [5.41, 5.74) is 1.60. The van der Waals surface area contributed by atoms with E-state index in [9.17, 15) is 13.2 Å². The van der Waals surface area contributed by atoms with Crippen molar-refractivity contribution < 1.29 is 17.9 Å². The molecule has 0 aliphatic heterocycles. The Labute approximate surface area is 135 Å². The minimum Gasteiger partial charge on any atom is -0.465 e. The molecule has 21 heavy (non-hydrogen) atoms. The highest BCUT2D eigenvalue weighted by Crippen LogP contribution is 2.31. The molecule has 0 atom stereocenters. The van der Waals surface area contributed by atoms with Crippen LogP contribution in [-0.2, 0) is 14.8 Å². The van der Waals surface area contributed by atoms with Gasteiger partial charge < -0.3 is 4.74 Å². The fourth-order valence-corrected chi connectivity index (χ4v) is 4.85. The minimum absolute atomic E-state index is 0.226. The lowest BCUT2D eigenvalue weighted by Gasteiger charge is -2.06. The maximum atomic E-state index is 12.2. The van der Waals surface area contributed by atoms with Crippen molar-refractivity contribution in [2.24, 2.45) is 0 Å². The number of carbonyl (C=O) groups is 1. The van der Waals surface area contributed by atoms with Gasteiger partial charge in [0.25, 0.3) is 10.0 Å². The van der Waals surface area contributed by atoms with Crippen LogP contribution in [0.15, 0.2) is 38.3 Å². The fourth-order valence-electron chi connectivity index (χ4n) is 1.56. The van der Waals surface area contributed by atoms with Crippen LogP contribution in [0.1, 0.15) is 15.9 Å². The number of carbonyl (C=O) groups excluding carboxylic acids is 1. The number of hydrogen-bond donors (Lipinski definition) is 1. The van der Waals surface area contributed by atoms with E-state index >= 15 is 0 Å². The molecule has 5 nitrogen and oxygen atoms in total. The first-order valence-electron chi connectivity index (χ1n) is 5.80. The fraction of sp³-hybridized carbons (Fsp3) is 0.154. The van der Waals surface area contributed by atoms with E-state index in [4.69, 9.17) is 0 Å². The molecule has 1 aromatic carbocycles. The first kappa shape index (κ1) is 16.0. The molecule has 0 aliphatic carbocycles. The summed E-state index contributed by atoms with van der Waals surface area (Å²) in [6, 6.07) is 7.62. The van der Waals surface area contributed by atoms with Gasteiger partial charge in [0.2, 0.25) is 0 Å². The van der Waals surface area contributed by atoms with Gasteiger partial charge in [-0.15, -0.1) is 11.3 Å². The third-order valence-corrected chi connectivity index (χ3v) is 6.65. The summed E-state index contributed by atoms with van der Waals surface area (Å²) in [5, 5.41) is 0. The van der Waals surface area contributed by atoms with Crippen molar-refractivity contribution in [3.63, 3.8) is 0 Å². The van der Waals surface area contributed by atoms with Crippen LogP contribution in [0.5, 0.6) is 0 Å². The van der Waals surface area contributed by atoms with Crippen molar-refractivity contribution >= 4 is 48.9 Å². The Morgan fingerprint density at radius 2 is 1.90 bits per heavy atom. The Balaban J connectivity index is 2.22. The van der Waals surface area contributed by atoms with Crippen molar-refractivity contribution in [3.8, 4) is 0 Å². The molecular formula is C13H12BrNO4S2. The summed E-state index contributed by atoms with van der Waals surface area (Å²) in [5.74, 6) is -0.470. The van der Waals surface area contributed by atoms with Gasteiger partial charge in [0.15, 0.2) is 0 Å². The Morgan fingerprint density at radius 3 is 2.38 bits per heavy atom. The molecule has 1 N–H and O–H groups in total. The summed E-state index contributed by atoms with van der Waals surface area (Å²) in [6.07, 6.45) is 0. The van der Waals surface area contributed by atoms with Crippen LogP contribution in [0, 0.1) is 6.92 Å². The molecule has 0 saturated heterocycles. The van der Waals surface area contributed by atoms with Crippen LogP contribution in [0.25, 0.3) is 0 Å². The average Bonchev–Trinajstić information content (AvgIpc) is 2.79. The average molecular weight is 390 g/mol. The monoisotopic (exact) mass is 389 g/mol. The summed E-state index contributed by atoms with van der Waals surface area (Å²) in [6.45, 7) is 1.82.